The zero-order valence-electron chi connectivity index (χ0n) is 12.4. The third-order valence-electron chi connectivity index (χ3n) is 2.95. The van der Waals surface area contributed by atoms with Gasteiger partial charge in [-0.15, -0.1) is 0 Å². The zero-order valence-corrected chi connectivity index (χ0v) is 13.2. The summed E-state index contributed by atoms with van der Waals surface area (Å²) >= 11 is 0. The molecule has 21 heavy (non-hydrogen) atoms. The van der Waals surface area contributed by atoms with Gasteiger partial charge in [0.05, 0.1) is 11.0 Å². The highest BCUT2D eigenvalue weighted by molar-refractivity contribution is 7.89. The first-order chi connectivity index (χ1) is 9.88. The summed E-state index contributed by atoms with van der Waals surface area (Å²) in [6.45, 7) is 5.96. The maximum atomic E-state index is 12.3. The fraction of sp³-hybridized carbons (Fsp3) is 0.333. The van der Waals surface area contributed by atoms with Crippen molar-refractivity contribution in [2.45, 2.75) is 38.3 Å². The Kier molecular flexibility index (Phi) is 4.69. The van der Waals surface area contributed by atoms with Gasteiger partial charge in [0.15, 0.2) is 0 Å². The van der Waals surface area contributed by atoms with Gasteiger partial charge in [0.25, 0.3) is 0 Å². The van der Waals surface area contributed by atoms with E-state index in [0.717, 1.165) is 11.1 Å². The van der Waals surface area contributed by atoms with Crippen molar-refractivity contribution in [3.8, 4) is 5.75 Å². The van der Waals surface area contributed by atoms with Gasteiger partial charge in [-0.05, 0) is 56.2 Å². The van der Waals surface area contributed by atoms with Crippen LogP contribution in [0.5, 0.6) is 5.75 Å². The molecule has 0 fully saturated rings. The first-order valence-electron chi connectivity index (χ1n) is 6.77. The topological polar surface area (TPSA) is 71.2 Å². The van der Waals surface area contributed by atoms with E-state index in [1.165, 1.54) is 0 Å². The molecule has 0 aliphatic carbocycles. The number of H-pyrrole nitrogens is 1. The van der Waals surface area contributed by atoms with E-state index in [4.69, 9.17) is 4.74 Å². The Hall–Kier alpha value is -1.79. The first kappa shape index (κ1) is 15.6. The summed E-state index contributed by atoms with van der Waals surface area (Å²) in [5, 5.41) is 0. The van der Waals surface area contributed by atoms with Gasteiger partial charge in [0.2, 0.25) is 10.0 Å². The van der Waals surface area contributed by atoms with E-state index >= 15 is 0 Å². The summed E-state index contributed by atoms with van der Waals surface area (Å²) in [4.78, 5) is 3.13. The number of nitrogens with one attached hydrogen (secondary N) is 2. The summed E-state index contributed by atoms with van der Waals surface area (Å²) in [6, 6.07) is 6.70. The van der Waals surface area contributed by atoms with E-state index in [1.54, 1.807) is 30.6 Å². The number of hydrogen-bond acceptors (Lipinski definition) is 3. The van der Waals surface area contributed by atoms with Gasteiger partial charge in [0, 0.05) is 18.9 Å². The second kappa shape index (κ2) is 6.32. The Morgan fingerprint density at radius 3 is 2.62 bits per heavy atom. The van der Waals surface area contributed by atoms with Gasteiger partial charge in [-0.3, -0.25) is 0 Å². The van der Waals surface area contributed by atoms with Crippen molar-refractivity contribution in [1.82, 2.24) is 9.71 Å². The molecule has 1 aromatic heterocycles. The number of aryl methyl sites for hydroxylation is 1. The maximum absolute atomic E-state index is 12.3. The summed E-state index contributed by atoms with van der Waals surface area (Å²) in [5.41, 5.74) is 1.68. The SMILES string of the molecule is Cc1cc(S(=O)(=O)NCc2cc[nH]c2)ccc1OC(C)C. The van der Waals surface area contributed by atoms with Crippen LogP contribution in [0.25, 0.3) is 0 Å². The van der Waals surface area contributed by atoms with Crippen LogP contribution in [0.2, 0.25) is 0 Å². The molecule has 0 saturated carbocycles. The first-order valence-corrected chi connectivity index (χ1v) is 8.25. The number of sulfonamides is 1. The van der Waals surface area contributed by atoms with Crippen molar-refractivity contribution < 1.29 is 13.2 Å². The number of benzene rings is 1. The van der Waals surface area contributed by atoms with Crippen molar-refractivity contribution in [1.29, 1.82) is 0 Å². The smallest absolute Gasteiger partial charge is 0.240 e. The predicted molar refractivity (Wildman–Crippen MR) is 81.8 cm³/mol. The summed E-state index contributed by atoms with van der Waals surface area (Å²) in [7, 11) is -3.52. The van der Waals surface area contributed by atoms with E-state index in [9.17, 15) is 8.42 Å². The fourth-order valence-electron chi connectivity index (χ4n) is 1.91. The highest BCUT2D eigenvalue weighted by Crippen LogP contribution is 2.22. The molecule has 0 atom stereocenters. The highest BCUT2D eigenvalue weighted by Gasteiger charge is 2.15. The molecule has 2 N–H and O–H groups in total. The second-order valence-corrected chi connectivity index (χ2v) is 6.90. The van der Waals surface area contributed by atoms with Crippen LogP contribution in [0.1, 0.15) is 25.0 Å². The average molecular weight is 308 g/mol. The normalized spacial score (nSPS) is 11.8. The van der Waals surface area contributed by atoms with Gasteiger partial charge in [-0.25, -0.2) is 13.1 Å². The van der Waals surface area contributed by atoms with Crippen LogP contribution in [-0.2, 0) is 16.6 Å². The monoisotopic (exact) mass is 308 g/mol. The van der Waals surface area contributed by atoms with Crippen molar-refractivity contribution in [2.75, 3.05) is 0 Å². The molecule has 0 spiro atoms. The lowest BCUT2D eigenvalue weighted by Crippen LogP contribution is -2.23. The number of rotatable bonds is 6. The van der Waals surface area contributed by atoms with Crippen LogP contribution in [-0.4, -0.2) is 19.5 Å². The molecule has 0 radical (unpaired) electrons. The molecule has 2 aromatic rings. The average Bonchev–Trinajstić information content (AvgIpc) is 2.91. The summed E-state index contributed by atoms with van der Waals surface area (Å²) in [6.07, 6.45) is 3.57. The van der Waals surface area contributed by atoms with E-state index < -0.39 is 10.0 Å². The van der Waals surface area contributed by atoms with Crippen molar-refractivity contribution in [2.24, 2.45) is 0 Å². The Morgan fingerprint density at radius 1 is 1.29 bits per heavy atom. The van der Waals surface area contributed by atoms with Gasteiger partial charge < -0.3 is 9.72 Å². The molecule has 6 heteroatoms. The minimum Gasteiger partial charge on any atom is -0.491 e. The lowest BCUT2D eigenvalue weighted by Gasteiger charge is -2.13. The third-order valence-corrected chi connectivity index (χ3v) is 4.35. The van der Waals surface area contributed by atoms with Crippen LogP contribution >= 0.6 is 0 Å². The van der Waals surface area contributed by atoms with Gasteiger partial charge in [-0.2, -0.15) is 0 Å². The molecule has 2 rings (SSSR count). The molecule has 5 nitrogen and oxygen atoms in total. The molecule has 0 saturated heterocycles. The van der Waals surface area contributed by atoms with Crippen molar-refractivity contribution in [3.05, 3.63) is 47.8 Å². The highest BCUT2D eigenvalue weighted by atomic mass is 32.2. The minimum absolute atomic E-state index is 0.0536. The minimum atomic E-state index is -3.52. The number of hydrogen-bond donors (Lipinski definition) is 2. The molecule has 0 aliphatic rings. The molecule has 0 amide bonds. The van der Waals surface area contributed by atoms with Crippen LogP contribution < -0.4 is 9.46 Å². The molecule has 0 aliphatic heterocycles. The Labute approximate surface area is 125 Å². The van der Waals surface area contributed by atoms with E-state index in [2.05, 4.69) is 9.71 Å². The van der Waals surface area contributed by atoms with Gasteiger partial charge in [0.1, 0.15) is 5.75 Å². The third kappa shape index (κ3) is 4.09. The molecule has 0 unspecified atom stereocenters. The Bertz CT molecular complexity index is 692. The standard InChI is InChI=1S/C15H20N2O3S/c1-11(2)20-15-5-4-14(8-12(15)3)21(18,19)17-10-13-6-7-16-9-13/h4-9,11,16-17H,10H2,1-3H3. The van der Waals surface area contributed by atoms with Gasteiger partial charge in [-0.1, -0.05) is 0 Å². The molecule has 0 bridgehead atoms. The largest absolute Gasteiger partial charge is 0.491 e. The predicted octanol–water partition coefficient (Wildman–Crippen LogP) is 2.59. The Balaban J connectivity index is 2.14. The number of aromatic amines is 1. The Morgan fingerprint density at radius 2 is 2.05 bits per heavy atom. The van der Waals surface area contributed by atoms with E-state index in [-0.39, 0.29) is 17.5 Å². The van der Waals surface area contributed by atoms with Gasteiger partial charge >= 0.3 is 0 Å². The van der Waals surface area contributed by atoms with E-state index in [0.29, 0.717) is 5.75 Å². The molecule has 114 valence electrons. The summed E-state index contributed by atoms with van der Waals surface area (Å²) in [5.74, 6) is 0.703. The van der Waals surface area contributed by atoms with Crippen LogP contribution in [0.4, 0.5) is 0 Å². The van der Waals surface area contributed by atoms with E-state index in [1.807, 2.05) is 26.8 Å². The number of aromatic nitrogens is 1. The lowest BCUT2D eigenvalue weighted by molar-refractivity contribution is 0.240. The molecular weight excluding hydrogens is 288 g/mol. The van der Waals surface area contributed by atoms with Crippen LogP contribution in [0, 0.1) is 6.92 Å². The second-order valence-electron chi connectivity index (χ2n) is 5.14. The van der Waals surface area contributed by atoms with Crippen molar-refractivity contribution >= 4 is 10.0 Å². The van der Waals surface area contributed by atoms with Crippen molar-refractivity contribution in [3.63, 3.8) is 0 Å². The molecular formula is C15H20N2O3S. The zero-order chi connectivity index (χ0) is 15.5. The molecule has 1 aromatic carbocycles. The quantitative estimate of drug-likeness (QED) is 0.861. The summed E-state index contributed by atoms with van der Waals surface area (Å²) < 4.78 is 32.7. The fourth-order valence-corrected chi connectivity index (χ4v) is 3.01. The maximum Gasteiger partial charge on any atom is 0.240 e. The lowest BCUT2D eigenvalue weighted by atomic mass is 10.2. The van der Waals surface area contributed by atoms with Crippen LogP contribution in [0.3, 0.4) is 0 Å². The molecule has 1 heterocycles. The number of ether oxygens (including phenoxy) is 1. The van der Waals surface area contributed by atoms with Crippen LogP contribution in [0.15, 0.2) is 41.6 Å².